The molecule has 0 atom stereocenters. The molecule has 6 aromatic carbocycles. The third-order valence-electron chi connectivity index (χ3n) is 9.91. The molecule has 0 aliphatic carbocycles. The normalized spacial score (nSPS) is 11.3. The van der Waals surface area contributed by atoms with Gasteiger partial charge in [-0.3, -0.25) is 9.59 Å². The monoisotopic (exact) mass is 730 g/mol. The van der Waals surface area contributed by atoms with E-state index < -0.39 is 0 Å². The zero-order valence-electron chi connectivity index (χ0n) is 31.5. The zero-order chi connectivity index (χ0) is 38.8. The minimum absolute atomic E-state index is 0.302. The van der Waals surface area contributed by atoms with Gasteiger partial charge in [0.15, 0.2) is 0 Å². The number of benzene rings is 6. The fraction of sp³-hybridized carbons (Fsp3) is 0.0833. The molecule has 0 spiro atoms. The van der Waals surface area contributed by atoms with E-state index in [1.807, 2.05) is 155 Å². The number of hydrogen-bond acceptors (Lipinski definition) is 6. The van der Waals surface area contributed by atoms with Crippen LogP contribution in [0.15, 0.2) is 156 Å². The standard InChI is InChI=1S/C48H38N6O2/c1-29-18-22-33(23-19-29)45-31(3)43(37-14-8-10-16-39(37)50-45)47(55)49-36-26-27-41(54-53-35-12-6-5-7-13-35)42(28-36)52-48(56)44-32(4)46(34-24-20-30(2)21-25-34)51-40-17-11-9-15-38(40)44/h5-28H,1-4H3,(H,49,55)(H,52,56). The van der Waals surface area contributed by atoms with Crippen LogP contribution in [0.4, 0.5) is 22.7 Å². The molecule has 8 nitrogen and oxygen atoms in total. The maximum atomic E-state index is 14.5. The van der Waals surface area contributed by atoms with E-state index in [0.717, 1.165) is 55.5 Å². The summed E-state index contributed by atoms with van der Waals surface area (Å²) in [7, 11) is 0. The van der Waals surface area contributed by atoms with Gasteiger partial charge in [-0.05, 0) is 81.3 Å². The van der Waals surface area contributed by atoms with Gasteiger partial charge in [-0.15, -0.1) is 5.11 Å². The molecular weight excluding hydrogens is 693 g/mol. The summed E-state index contributed by atoms with van der Waals surface area (Å²) in [6.07, 6.45) is 0. The lowest BCUT2D eigenvalue weighted by Gasteiger charge is -2.17. The number of para-hydroxylation sites is 2. The molecule has 2 amide bonds. The molecule has 2 N–H and O–H groups in total. The van der Waals surface area contributed by atoms with Crippen LogP contribution in [-0.4, -0.2) is 21.8 Å². The van der Waals surface area contributed by atoms with E-state index in [1.54, 1.807) is 18.2 Å². The summed E-state index contributed by atoms with van der Waals surface area (Å²) in [6, 6.07) is 46.1. The first-order valence-corrected chi connectivity index (χ1v) is 18.4. The highest BCUT2D eigenvalue weighted by molar-refractivity contribution is 6.17. The quantitative estimate of drug-likeness (QED) is 0.152. The van der Waals surface area contributed by atoms with Gasteiger partial charge in [0, 0.05) is 27.6 Å². The van der Waals surface area contributed by atoms with Crippen LogP contribution < -0.4 is 10.6 Å². The highest BCUT2D eigenvalue weighted by Crippen LogP contribution is 2.35. The lowest BCUT2D eigenvalue weighted by molar-refractivity contribution is 0.102. The number of pyridine rings is 2. The predicted octanol–water partition coefficient (Wildman–Crippen LogP) is 12.3. The number of aryl methyl sites for hydroxylation is 2. The van der Waals surface area contributed by atoms with Crippen LogP contribution in [0, 0.1) is 27.7 Å². The van der Waals surface area contributed by atoms with Crippen molar-refractivity contribution in [2.75, 3.05) is 10.6 Å². The van der Waals surface area contributed by atoms with Crippen LogP contribution in [0.5, 0.6) is 0 Å². The molecule has 56 heavy (non-hydrogen) atoms. The van der Waals surface area contributed by atoms with Gasteiger partial charge in [0.05, 0.1) is 44.9 Å². The van der Waals surface area contributed by atoms with Crippen LogP contribution >= 0.6 is 0 Å². The number of anilines is 2. The molecule has 0 fully saturated rings. The van der Waals surface area contributed by atoms with Gasteiger partial charge >= 0.3 is 0 Å². The van der Waals surface area contributed by atoms with E-state index in [9.17, 15) is 9.59 Å². The Hall–Kier alpha value is -7.32. The summed E-state index contributed by atoms with van der Waals surface area (Å²) in [5.74, 6) is -0.642. The number of carbonyl (C=O) groups excluding carboxylic acids is 2. The molecule has 272 valence electrons. The fourth-order valence-corrected chi connectivity index (χ4v) is 6.97. The molecular formula is C48H38N6O2. The molecule has 2 aromatic heterocycles. The van der Waals surface area contributed by atoms with Crippen molar-refractivity contribution >= 4 is 56.4 Å². The van der Waals surface area contributed by atoms with E-state index in [4.69, 9.17) is 9.97 Å². The first kappa shape index (κ1) is 35.7. The number of amides is 2. The molecule has 0 unspecified atom stereocenters. The number of nitrogens with one attached hydrogen (secondary N) is 2. The SMILES string of the molecule is Cc1ccc(-c2nc3ccccc3c(C(=O)Nc3ccc(N=Nc4ccccc4)c(NC(=O)c4c(C)c(-c5ccc(C)cc5)nc5ccccc45)c3)c2C)cc1. The molecule has 8 rings (SSSR count). The molecule has 0 saturated heterocycles. The predicted molar refractivity (Wildman–Crippen MR) is 226 cm³/mol. The Labute approximate surface area is 325 Å². The Morgan fingerprint density at radius 1 is 0.500 bits per heavy atom. The first-order chi connectivity index (χ1) is 27.2. The van der Waals surface area contributed by atoms with Crippen molar-refractivity contribution in [3.05, 3.63) is 179 Å². The Balaban J connectivity index is 1.20. The minimum atomic E-state index is -0.340. The lowest BCUT2D eigenvalue weighted by Crippen LogP contribution is -2.17. The van der Waals surface area contributed by atoms with Gasteiger partial charge in [0.1, 0.15) is 5.69 Å². The van der Waals surface area contributed by atoms with Crippen molar-refractivity contribution < 1.29 is 9.59 Å². The molecule has 8 heteroatoms. The highest BCUT2D eigenvalue weighted by atomic mass is 16.2. The average molecular weight is 731 g/mol. The van der Waals surface area contributed by atoms with Gasteiger partial charge in [-0.25, -0.2) is 9.97 Å². The van der Waals surface area contributed by atoms with Crippen molar-refractivity contribution in [1.82, 2.24) is 9.97 Å². The summed E-state index contributed by atoms with van der Waals surface area (Å²) < 4.78 is 0. The second kappa shape index (κ2) is 15.2. The summed E-state index contributed by atoms with van der Waals surface area (Å²) in [5, 5.41) is 16.7. The molecule has 0 aliphatic heterocycles. The summed E-state index contributed by atoms with van der Waals surface area (Å²) >= 11 is 0. The minimum Gasteiger partial charge on any atom is -0.322 e. The molecule has 0 radical (unpaired) electrons. The van der Waals surface area contributed by atoms with Gasteiger partial charge in [-0.1, -0.05) is 114 Å². The van der Waals surface area contributed by atoms with E-state index in [2.05, 4.69) is 20.9 Å². The van der Waals surface area contributed by atoms with Crippen LogP contribution in [0.3, 0.4) is 0 Å². The fourth-order valence-electron chi connectivity index (χ4n) is 6.97. The maximum absolute atomic E-state index is 14.5. The van der Waals surface area contributed by atoms with Crippen LogP contribution in [-0.2, 0) is 0 Å². The smallest absolute Gasteiger partial charge is 0.256 e. The Morgan fingerprint density at radius 2 is 0.982 bits per heavy atom. The molecule has 0 aliphatic rings. The summed E-state index contributed by atoms with van der Waals surface area (Å²) in [5.41, 5.74) is 11.4. The van der Waals surface area contributed by atoms with Crippen LogP contribution in [0.2, 0.25) is 0 Å². The second-order valence-corrected chi connectivity index (χ2v) is 13.9. The van der Waals surface area contributed by atoms with Gasteiger partial charge in [-0.2, -0.15) is 5.11 Å². The third kappa shape index (κ3) is 7.15. The average Bonchev–Trinajstić information content (AvgIpc) is 3.21. The van der Waals surface area contributed by atoms with Crippen molar-refractivity contribution in [3.8, 4) is 22.5 Å². The molecule has 8 aromatic rings. The number of hydrogen-bond donors (Lipinski definition) is 2. The first-order valence-electron chi connectivity index (χ1n) is 18.4. The Bertz CT molecular complexity index is 2810. The number of carbonyl (C=O) groups is 2. The number of rotatable bonds is 8. The van der Waals surface area contributed by atoms with E-state index in [-0.39, 0.29) is 11.8 Å². The number of azo groups is 1. The zero-order valence-corrected chi connectivity index (χ0v) is 31.5. The van der Waals surface area contributed by atoms with Crippen molar-refractivity contribution in [3.63, 3.8) is 0 Å². The van der Waals surface area contributed by atoms with Crippen LogP contribution in [0.1, 0.15) is 43.0 Å². The molecule has 0 bridgehead atoms. The largest absolute Gasteiger partial charge is 0.322 e. The van der Waals surface area contributed by atoms with E-state index in [0.29, 0.717) is 44.9 Å². The number of fused-ring (bicyclic) bond motifs is 2. The number of nitrogens with zero attached hydrogens (tertiary/aromatic N) is 4. The summed E-state index contributed by atoms with van der Waals surface area (Å²) in [6.45, 7) is 7.92. The van der Waals surface area contributed by atoms with Crippen LogP contribution in [0.25, 0.3) is 44.3 Å². The Kier molecular flexibility index (Phi) is 9.69. The van der Waals surface area contributed by atoms with E-state index >= 15 is 0 Å². The van der Waals surface area contributed by atoms with Crippen molar-refractivity contribution in [2.45, 2.75) is 27.7 Å². The van der Waals surface area contributed by atoms with Gasteiger partial charge < -0.3 is 10.6 Å². The third-order valence-corrected chi connectivity index (χ3v) is 9.91. The second-order valence-electron chi connectivity index (χ2n) is 13.9. The lowest BCUT2D eigenvalue weighted by atomic mass is 9.96. The van der Waals surface area contributed by atoms with Gasteiger partial charge in [0.25, 0.3) is 11.8 Å². The van der Waals surface area contributed by atoms with Crippen molar-refractivity contribution in [1.29, 1.82) is 0 Å². The van der Waals surface area contributed by atoms with Gasteiger partial charge in [0.2, 0.25) is 0 Å². The van der Waals surface area contributed by atoms with E-state index in [1.165, 1.54) is 0 Å². The summed E-state index contributed by atoms with van der Waals surface area (Å²) in [4.78, 5) is 38.8. The van der Waals surface area contributed by atoms with Crippen molar-refractivity contribution in [2.24, 2.45) is 10.2 Å². The highest BCUT2D eigenvalue weighted by Gasteiger charge is 2.22. The molecule has 0 saturated carbocycles. The Morgan fingerprint density at radius 3 is 1.52 bits per heavy atom. The maximum Gasteiger partial charge on any atom is 0.256 e. The topological polar surface area (TPSA) is 109 Å². The molecule has 2 heterocycles. The number of aromatic nitrogens is 2.